The molecule has 0 radical (unpaired) electrons. The van der Waals surface area contributed by atoms with E-state index in [0.29, 0.717) is 24.3 Å². The number of hydrogen-bond acceptors (Lipinski definition) is 3. The number of carbonyl (C=O) groups is 2. The number of carbonyl (C=O) groups excluding carboxylic acids is 2. The topological polar surface area (TPSA) is 48.3 Å². The van der Waals surface area contributed by atoms with Crippen molar-refractivity contribution in [3.05, 3.63) is 35.0 Å². The van der Waals surface area contributed by atoms with E-state index in [1.54, 1.807) is 6.07 Å². The van der Waals surface area contributed by atoms with Gasteiger partial charge in [-0.2, -0.15) is 0 Å². The van der Waals surface area contributed by atoms with E-state index in [1.807, 2.05) is 12.1 Å². The molecule has 0 fully saturated rings. The van der Waals surface area contributed by atoms with Crippen LogP contribution in [0.4, 0.5) is 0 Å². The maximum atomic E-state index is 12.1. The Morgan fingerprint density at radius 1 is 1.32 bits per heavy atom. The molecule has 22 heavy (non-hydrogen) atoms. The molecule has 0 saturated heterocycles. The van der Waals surface area contributed by atoms with Crippen LogP contribution in [0.3, 0.4) is 0 Å². The van der Waals surface area contributed by atoms with E-state index in [0.717, 1.165) is 29.4 Å². The fourth-order valence-corrected chi connectivity index (χ4v) is 3.40. The number of ether oxygens (including phenoxy) is 1. The van der Waals surface area contributed by atoms with Gasteiger partial charge >= 0.3 is 5.97 Å². The standard InChI is InChI=1S/C18H21NO3/c1-11(2)10-19-16-8-7-12(20)9-15(16)13-5-4-6-14(17(13)19)18(21)22-3/h4-6,11H,7-10H2,1-3H3. The molecule has 0 unspecified atom stereocenters. The van der Waals surface area contributed by atoms with Crippen molar-refractivity contribution in [2.75, 3.05) is 7.11 Å². The molecule has 1 heterocycles. The van der Waals surface area contributed by atoms with E-state index in [9.17, 15) is 9.59 Å². The summed E-state index contributed by atoms with van der Waals surface area (Å²) < 4.78 is 7.17. The van der Waals surface area contributed by atoms with Gasteiger partial charge in [0.1, 0.15) is 5.78 Å². The molecule has 1 aromatic carbocycles. The lowest BCUT2D eigenvalue weighted by molar-refractivity contribution is -0.118. The molecule has 0 spiro atoms. The summed E-state index contributed by atoms with van der Waals surface area (Å²) in [5.41, 5.74) is 3.81. The largest absolute Gasteiger partial charge is 0.465 e. The van der Waals surface area contributed by atoms with Crippen molar-refractivity contribution in [2.45, 2.75) is 39.7 Å². The van der Waals surface area contributed by atoms with Crippen LogP contribution in [0.25, 0.3) is 10.9 Å². The van der Waals surface area contributed by atoms with E-state index in [4.69, 9.17) is 4.74 Å². The minimum absolute atomic E-state index is 0.277. The van der Waals surface area contributed by atoms with Crippen molar-refractivity contribution in [1.82, 2.24) is 4.57 Å². The van der Waals surface area contributed by atoms with Gasteiger partial charge in [-0.1, -0.05) is 26.0 Å². The summed E-state index contributed by atoms with van der Waals surface area (Å²) in [5, 5.41) is 1.02. The van der Waals surface area contributed by atoms with Crippen LogP contribution in [-0.2, 0) is 28.9 Å². The maximum Gasteiger partial charge on any atom is 0.340 e. The molecule has 1 aliphatic carbocycles. The molecular weight excluding hydrogens is 278 g/mol. The molecule has 1 aromatic heterocycles. The lowest BCUT2D eigenvalue weighted by Gasteiger charge is -2.17. The minimum Gasteiger partial charge on any atom is -0.465 e. The summed E-state index contributed by atoms with van der Waals surface area (Å²) in [7, 11) is 1.40. The highest BCUT2D eigenvalue weighted by atomic mass is 16.5. The number of benzene rings is 1. The number of methoxy groups -OCH3 is 1. The van der Waals surface area contributed by atoms with E-state index >= 15 is 0 Å². The highest BCUT2D eigenvalue weighted by molar-refractivity contribution is 6.06. The molecule has 0 N–H and O–H groups in total. The molecule has 4 nitrogen and oxygen atoms in total. The van der Waals surface area contributed by atoms with Gasteiger partial charge in [0.05, 0.1) is 18.2 Å². The number of aromatic nitrogens is 1. The van der Waals surface area contributed by atoms with Gasteiger partial charge < -0.3 is 9.30 Å². The van der Waals surface area contributed by atoms with Crippen LogP contribution in [0.2, 0.25) is 0 Å². The van der Waals surface area contributed by atoms with Crippen molar-refractivity contribution < 1.29 is 14.3 Å². The molecular formula is C18H21NO3. The number of esters is 1. The Morgan fingerprint density at radius 3 is 2.77 bits per heavy atom. The summed E-state index contributed by atoms with van der Waals surface area (Å²) in [4.78, 5) is 24.0. The van der Waals surface area contributed by atoms with Crippen LogP contribution in [0.1, 0.15) is 41.9 Å². The number of nitrogens with zero attached hydrogens (tertiary/aromatic N) is 1. The molecule has 0 bridgehead atoms. The first-order valence-electron chi connectivity index (χ1n) is 7.76. The first-order chi connectivity index (χ1) is 10.5. The average Bonchev–Trinajstić information content (AvgIpc) is 2.79. The predicted molar refractivity (Wildman–Crippen MR) is 85.1 cm³/mol. The fraction of sp³-hybridized carbons (Fsp3) is 0.444. The van der Waals surface area contributed by atoms with Crippen molar-refractivity contribution in [3.8, 4) is 0 Å². The van der Waals surface area contributed by atoms with Gasteiger partial charge in [-0.3, -0.25) is 4.79 Å². The molecule has 0 amide bonds. The smallest absolute Gasteiger partial charge is 0.340 e. The third-order valence-corrected chi connectivity index (χ3v) is 4.27. The fourth-order valence-electron chi connectivity index (χ4n) is 3.40. The molecule has 4 heteroatoms. The summed E-state index contributed by atoms with van der Waals surface area (Å²) >= 11 is 0. The normalized spacial score (nSPS) is 14.5. The summed E-state index contributed by atoms with van der Waals surface area (Å²) in [6.45, 7) is 5.16. The molecule has 0 aliphatic heterocycles. The highest BCUT2D eigenvalue weighted by Gasteiger charge is 2.26. The first kappa shape index (κ1) is 14.8. The zero-order valence-electron chi connectivity index (χ0n) is 13.3. The number of hydrogen-bond donors (Lipinski definition) is 0. The number of ketones is 1. The lowest BCUT2D eigenvalue weighted by atomic mass is 9.94. The van der Waals surface area contributed by atoms with Crippen molar-refractivity contribution in [1.29, 1.82) is 0 Å². The van der Waals surface area contributed by atoms with Gasteiger partial charge in [0, 0.05) is 30.5 Å². The Kier molecular flexibility index (Phi) is 3.77. The molecule has 0 atom stereocenters. The Bertz CT molecular complexity index is 755. The predicted octanol–water partition coefficient (Wildman–Crippen LogP) is 3.14. The second-order valence-corrected chi connectivity index (χ2v) is 6.34. The van der Waals surface area contributed by atoms with Gasteiger partial charge in [0.2, 0.25) is 0 Å². The first-order valence-corrected chi connectivity index (χ1v) is 7.76. The van der Waals surface area contributed by atoms with Crippen molar-refractivity contribution >= 4 is 22.7 Å². The van der Waals surface area contributed by atoms with E-state index in [2.05, 4.69) is 18.4 Å². The van der Waals surface area contributed by atoms with Gasteiger partial charge in [0.25, 0.3) is 0 Å². The Morgan fingerprint density at radius 2 is 2.09 bits per heavy atom. The van der Waals surface area contributed by atoms with Gasteiger partial charge in [-0.05, 0) is 24.0 Å². The zero-order chi connectivity index (χ0) is 15.9. The average molecular weight is 299 g/mol. The van der Waals surface area contributed by atoms with E-state index < -0.39 is 0 Å². The van der Waals surface area contributed by atoms with Crippen molar-refractivity contribution in [2.24, 2.45) is 5.92 Å². The molecule has 116 valence electrons. The second kappa shape index (κ2) is 5.59. The van der Waals surface area contributed by atoms with Crippen LogP contribution >= 0.6 is 0 Å². The monoisotopic (exact) mass is 299 g/mol. The van der Waals surface area contributed by atoms with Gasteiger partial charge in [0.15, 0.2) is 0 Å². The van der Waals surface area contributed by atoms with Crippen LogP contribution in [0.15, 0.2) is 18.2 Å². The number of para-hydroxylation sites is 1. The van der Waals surface area contributed by atoms with E-state index in [1.165, 1.54) is 12.8 Å². The summed E-state index contributed by atoms with van der Waals surface area (Å²) in [5.74, 6) is 0.416. The van der Waals surface area contributed by atoms with Crippen LogP contribution < -0.4 is 0 Å². The van der Waals surface area contributed by atoms with Crippen LogP contribution in [0.5, 0.6) is 0 Å². The summed E-state index contributed by atoms with van der Waals surface area (Å²) in [6.07, 6.45) is 1.83. The third kappa shape index (κ3) is 2.32. The van der Waals surface area contributed by atoms with Crippen LogP contribution in [0, 0.1) is 5.92 Å². The number of Topliss-reactive ketones (excluding diaryl/α,β-unsaturated/α-hetero) is 1. The molecule has 1 aliphatic rings. The van der Waals surface area contributed by atoms with Gasteiger partial charge in [-0.15, -0.1) is 0 Å². The Balaban J connectivity index is 2.32. The van der Waals surface area contributed by atoms with Gasteiger partial charge in [-0.25, -0.2) is 4.79 Å². The molecule has 0 saturated carbocycles. The SMILES string of the molecule is COC(=O)c1cccc2c3c(n(CC(C)C)c12)CCC(=O)C3. The lowest BCUT2D eigenvalue weighted by Crippen LogP contribution is -2.17. The maximum absolute atomic E-state index is 12.1. The quantitative estimate of drug-likeness (QED) is 0.818. The third-order valence-electron chi connectivity index (χ3n) is 4.27. The molecule has 2 aromatic rings. The highest BCUT2D eigenvalue weighted by Crippen LogP contribution is 2.34. The van der Waals surface area contributed by atoms with Crippen LogP contribution in [-0.4, -0.2) is 23.4 Å². The van der Waals surface area contributed by atoms with Crippen molar-refractivity contribution in [3.63, 3.8) is 0 Å². The zero-order valence-corrected chi connectivity index (χ0v) is 13.3. The Labute approximate surface area is 130 Å². The van der Waals surface area contributed by atoms with E-state index in [-0.39, 0.29) is 11.8 Å². The second-order valence-electron chi connectivity index (χ2n) is 6.34. The summed E-state index contributed by atoms with van der Waals surface area (Å²) in [6, 6.07) is 5.68. The minimum atomic E-state index is -0.322. The Hall–Kier alpha value is -2.10. The number of rotatable bonds is 3. The number of fused-ring (bicyclic) bond motifs is 3. The molecule has 3 rings (SSSR count).